The lowest BCUT2D eigenvalue weighted by atomic mass is 9.68. The van der Waals surface area contributed by atoms with Crippen LogP contribution in [0.5, 0.6) is 0 Å². The van der Waals surface area contributed by atoms with Gasteiger partial charge in [-0.25, -0.2) is 0 Å². The van der Waals surface area contributed by atoms with Gasteiger partial charge in [0.1, 0.15) is 0 Å². The first-order valence-corrected chi connectivity index (χ1v) is 27.8. The molecule has 9 nitrogen and oxygen atoms in total. The highest BCUT2D eigenvalue weighted by Crippen LogP contribution is 2.44. The average Bonchev–Trinajstić information content (AvgIpc) is 3.98. The van der Waals surface area contributed by atoms with Gasteiger partial charge in [0.05, 0.1) is 5.60 Å². The summed E-state index contributed by atoms with van der Waals surface area (Å²) in [4.78, 5) is 0. The maximum Gasteiger partial charge on any atom is 0.0706 e. The maximum atomic E-state index is 5.87. The molecule has 9 aliphatic heterocycles. The van der Waals surface area contributed by atoms with Crippen LogP contribution in [0.15, 0.2) is 0 Å². The second-order valence-corrected chi connectivity index (χ2v) is 23.4. The highest BCUT2D eigenvalue weighted by atomic mass is 16.5. The quantitative estimate of drug-likeness (QED) is 0.121. The third-order valence-electron chi connectivity index (χ3n) is 18.9. The van der Waals surface area contributed by atoms with Crippen LogP contribution in [-0.2, 0) is 4.74 Å². The molecule has 0 amide bonds. The van der Waals surface area contributed by atoms with Crippen LogP contribution in [0.1, 0.15) is 207 Å². The first-order valence-electron chi connectivity index (χ1n) is 27.8. The fraction of sp³-hybridized carbons (Fsp3) is 1.00. The van der Waals surface area contributed by atoms with E-state index in [-0.39, 0.29) is 14.9 Å². The van der Waals surface area contributed by atoms with E-state index in [9.17, 15) is 0 Å². The van der Waals surface area contributed by atoms with Crippen LogP contribution in [0.3, 0.4) is 0 Å². The Balaban J connectivity index is 0.000000144. The molecule has 12 aliphatic rings. The number of nitrogens with one attached hydrogen (secondary N) is 8. The number of ether oxygens (including phenoxy) is 1. The first-order chi connectivity index (χ1) is 30.5. The van der Waals surface area contributed by atoms with Gasteiger partial charge in [0, 0.05) is 39.3 Å². The summed E-state index contributed by atoms with van der Waals surface area (Å²) < 4.78 is 5.87. The molecule has 64 heavy (non-hydrogen) atoms. The molecular weight excluding hydrogens is 789 g/mol. The van der Waals surface area contributed by atoms with Crippen molar-refractivity contribution in [3.8, 4) is 0 Å². The first kappa shape index (κ1) is 54.6. The molecule has 6 spiro atoms. The van der Waals surface area contributed by atoms with Gasteiger partial charge in [-0.15, -0.1) is 0 Å². The van der Waals surface area contributed by atoms with Crippen LogP contribution in [0.4, 0.5) is 0 Å². The van der Waals surface area contributed by atoms with Crippen molar-refractivity contribution in [1.82, 2.24) is 42.5 Å². The molecule has 12 fully saturated rings. The molecule has 0 bridgehead atoms. The van der Waals surface area contributed by atoms with E-state index >= 15 is 0 Å². The Morgan fingerprint density at radius 3 is 0.891 bits per heavy atom. The number of hydrogen-bond acceptors (Lipinski definition) is 9. The maximum absolute atomic E-state index is 5.87. The van der Waals surface area contributed by atoms with Gasteiger partial charge >= 0.3 is 0 Å². The lowest BCUT2D eigenvalue weighted by Gasteiger charge is -2.45. The minimum atomic E-state index is 0. The van der Waals surface area contributed by atoms with Crippen molar-refractivity contribution >= 4 is 0 Å². The minimum Gasteiger partial charge on any atom is -0.375 e. The molecule has 9 heterocycles. The van der Waals surface area contributed by atoms with Gasteiger partial charge in [0.25, 0.3) is 0 Å². The smallest absolute Gasteiger partial charge is 0.0706 e. The van der Waals surface area contributed by atoms with E-state index in [4.69, 9.17) is 4.74 Å². The summed E-state index contributed by atoms with van der Waals surface area (Å²) in [7, 11) is 0. The summed E-state index contributed by atoms with van der Waals surface area (Å²) in [6, 6.07) is 0. The largest absolute Gasteiger partial charge is 0.375 e. The molecule has 3 saturated carbocycles. The lowest BCUT2D eigenvalue weighted by molar-refractivity contribution is -0.0952. The molecule has 0 aromatic rings. The van der Waals surface area contributed by atoms with Gasteiger partial charge in [-0.1, -0.05) is 72.6 Å². The van der Waals surface area contributed by atoms with E-state index < -0.39 is 0 Å². The Morgan fingerprint density at radius 1 is 0.219 bits per heavy atom. The molecule has 0 atom stereocenters. The lowest BCUT2D eigenvalue weighted by Crippen LogP contribution is -2.57. The van der Waals surface area contributed by atoms with E-state index in [1.54, 1.807) is 0 Å². The molecule has 0 unspecified atom stereocenters. The van der Waals surface area contributed by atoms with Crippen molar-refractivity contribution in [2.24, 2.45) is 27.1 Å². The topological polar surface area (TPSA) is 105 Å². The fourth-order valence-electron chi connectivity index (χ4n) is 14.2. The molecule has 0 aromatic heterocycles. The van der Waals surface area contributed by atoms with Gasteiger partial charge in [-0.2, -0.15) is 0 Å². The van der Waals surface area contributed by atoms with Crippen molar-refractivity contribution in [1.29, 1.82) is 0 Å². The van der Waals surface area contributed by atoms with E-state index in [0.717, 1.165) is 41.4 Å². The zero-order valence-electron chi connectivity index (χ0n) is 40.6. The SMILES string of the molecule is C.C.C1CC2(CCN1)CCNC2.C1CC2(CCN1)CNC2.C1CCC2(CC1)CCCNC2.C1CCC2(CC1)CCNC2.C1CCC2(CC1)CCNCC2.C1CCC2(CCNCC2)OC1. The van der Waals surface area contributed by atoms with Crippen molar-refractivity contribution in [3.05, 3.63) is 0 Å². The van der Waals surface area contributed by atoms with Crippen LogP contribution in [0.2, 0.25) is 0 Å². The Labute approximate surface area is 397 Å². The molecule has 12 rings (SSSR count). The molecule has 0 radical (unpaired) electrons. The molecule has 376 valence electrons. The highest BCUT2D eigenvalue weighted by molar-refractivity contribution is 4.96. The molecule has 9 heteroatoms. The zero-order chi connectivity index (χ0) is 42.6. The number of hydrogen-bond donors (Lipinski definition) is 8. The Morgan fingerprint density at radius 2 is 0.531 bits per heavy atom. The van der Waals surface area contributed by atoms with Crippen molar-refractivity contribution in [2.75, 3.05) is 111 Å². The van der Waals surface area contributed by atoms with Crippen LogP contribution in [-0.4, -0.2) is 117 Å². The molecule has 0 aromatic carbocycles. The highest BCUT2D eigenvalue weighted by Gasteiger charge is 2.39. The van der Waals surface area contributed by atoms with Gasteiger partial charge < -0.3 is 47.3 Å². The van der Waals surface area contributed by atoms with Gasteiger partial charge in [-0.3, -0.25) is 0 Å². The predicted molar refractivity (Wildman–Crippen MR) is 276 cm³/mol. The average molecular weight is 900 g/mol. The van der Waals surface area contributed by atoms with Gasteiger partial charge in [0.15, 0.2) is 0 Å². The fourth-order valence-corrected chi connectivity index (χ4v) is 14.2. The molecule has 9 saturated heterocycles. The second-order valence-electron chi connectivity index (χ2n) is 23.4. The second kappa shape index (κ2) is 28.3. The summed E-state index contributed by atoms with van der Waals surface area (Å²) in [6.07, 6.45) is 43.1. The van der Waals surface area contributed by atoms with Crippen molar-refractivity contribution in [2.45, 2.75) is 213 Å². The third kappa shape index (κ3) is 16.9. The molecule has 8 N–H and O–H groups in total. The van der Waals surface area contributed by atoms with Gasteiger partial charge in [0.2, 0.25) is 0 Å². The normalized spacial score (nSPS) is 30.0. The monoisotopic (exact) mass is 899 g/mol. The van der Waals surface area contributed by atoms with Crippen molar-refractivity contribution < 1.29 is 4.74 Å². The summed E-state index contributed by atoms with van der Waals surface area (Å²) in [5.41, 5.74) is 4.03. The summed E-state index contributed by atoms with van der Waals surface area (Å²) in [5.74, 6) is 0. The number of rotatable bonds is 0. The Kier molecular flexibility index (Phi) is 24.2. The summed E-state index contributed by atoms with van der Waals surface area (Å²) in [5, 5.41) is 27.4. The predicted octanol–water partition coefficient (Wildman–Crippen LogP) is 9.46. The van der Waals surface area contributed by atoms with Crippen LogP contribution in [0, 0.1) is 27.1 Å². The zero-order valence-corrected chi connectivity index (χ0v) is 40.6. The Bertz CT molecular complexity index is 990. The molecular formula is C55H110N8O. The Hall–Kier alpha value is -0.360. The third-order valence-corrected chi connectivity index (χ3v) is 18.9. The van der Waals surface area contributed by atoms with Crippen LogP contribution < -0.4 is 42.5 Å². The summed E-state index contributed by atoms with van der Waals surface area (Å²) in [6.45, 7) is 21.0. The van der Waals surface area contributed by atoms with Crippen LogP contribution in [0.25, 0.3) is 0 Å². The van der Waals surface area contributed by atoms with E-state index in [1.807, 2.05) is 0 Å². The standard InChI is InChI=1S/2C10H19N.C9H17NO.C9H17N.C8H16N2.C7H14N2.2CH4/c1-2-5-10(6-3-1)7-4-8-11-9-10;1-2-4-10(5-3-1)6-8-11-9-7-10;1-2-8-11-9(3-1)4-6-10-7-5-9;1-2-4-9(5-3-1)6-7-10-8-9;1-4-9-5-2-8(1)3-6-10-7-8;1-3-8-4-2-7(1)5-9-6-7;;/h2*11H,1-9H2;10H,1-8H2;10H,1-8H2;9-10H,1-7H2;8-9H,1-6H2;2*1H4. The summed E-state index contributed by atoms with van der Waals surface area (Å²) >= 11 is 0. The van der Waals surface area contributed by atoms with E-state index in [1.165, 1.54) is 284 Å². The van der Waals surface area contributed by atoms with Crippen molar-refractivity contribution in [3.63, 3.8) is 0 Å². The van der Waals surface area contributed by atoms with Crippen LogP contribution >= 0.6 is 0 Å². The molecule has 3 aliphatic carbocycles. The van der Waals surface area contributed by atoms with E-state index in [0.29, 0.717) is 11.0 Å². The minimum absolute atomic E-state index is 0. The number of piperidine rings is 5. The van der Waals surface area contributed by atoms with E-state index in [2.05, 4.69) is 42.5 Å². The van der Waals surface area contributed by atoms with Gasteiger partial charge in [-0.05, 0) is 234 Å².